The number of rotatable bonds is 8. The number of thiocarbonyl (C=S) groups is 1. The van der Waals surface area contributed by atoms with Crippen LogP contribution in [0.2, 0.25) is 0 Å². The summed E-state index contributed by atoms with van der Waals surface area (Å²) < 4.78 is 6.87. The summed E-state index contributed by atoms with van der Waals surface area (Å²) in [7, 11) is 0. The van der Waals surface area contributed by atoms with E-state index >= 15 is 0 Å². The third-order valence-electron chi connectivity index (χ3n) is 5.08. The fourth-order valence-electron chi connectivity index (χ4n) is 3.31. The minimum Gasteiger partial charge on any atom is -0.489 e. The van der Waals surface area contributed by atoms with Crippen LogP contribution >= 0.6 is 23.6 Å². The van der Waals surface area contributed by atoms with Gasteiger partial charge in [-0.15, -0.1) is 0 Å². The van der Waals surface area contributed by atoms with E-state index < -0.39 is 0 Å². The van der Waals surface area contributed by atoms with Gasteiger partial charge in [-0.25, -0.2) is 4.98 Å². The molecule has 0 aliphatic rings. The SMILES string of the molecule is CCCCc1ccc2nc(NC(=S)NC(=O)c3ccc(OCc4ccccc4)cc3)sc2c1. The minimum atomic E-state index is -0.287. The Bertz CT molecular complexity index is 1240. The van der Waals surface area contributed by atoms with Crippen LogP contribution in [0.15, 0.2) is 72.8 Å². The Morgan fingerprint density at radius 2 is 1.82 bits per heavy atom. The molecule has 33 heavy (non-hydrogen) atoms. The zero-order valence-corrected chi connectivity index (χ0v) is 20.0. The normalized spacial score (nSPS) is 10.7. The van der Waals surface area contributed by atoms with Crippen LogP contribution in [0.5, 0.6) is 5.75 Å². The second kappa shape index (κ2) is 11.0. The molecule has 4 aromatic rings. The summed E-state index contributed by atoms with van der Waals surface area (Å²) in [6.45, 7) is 2.67. The first-order chi connectivity index (χ1) is 16.1. The molecule has 1 aromatic heterocycles. The zero-order chi connectivity index (χ0) is 23.0. The van der Waals surface area contributed by atoms with E-state index in [1.165, 1.54) is 29.7 Å². The Labute approximate surface area is 202 Å². The predicted octanol–water partition coefficient (Wildman–Crippen LogP) is 6.34. The van der Waals surface area contributed by atoms with Gasteiger partial charge in [-0.2, -0.15) is 0 Å². The van der Waals surface area contributed by atoms with Crippen molar-refractivity contribution in [3.8, 4) is 5.75 Å². The molecule has 0 bridgehead atoms. The first-order valence-corrected chi connectivity index (χ1v) is 12.1. The minimum absolute atomic E-state index is 0.217. The van der Waals surface area contributed by atoms with Gasteiger partial charge in [0.2, 0.25) is 0 Å². The van der Waals surface area contributed by atoms with Gasteiger partial charge in [0.25, 0.3) is 5.91 Å². The van der Waals surface area contributed by atoms with E-state index in [0.29, 0.717) is 23.1 Å². The van der Waals surface area contributed by atoms with Gasteiger partial charge in [-0.3, -0.25) is 10.1 Å². The van der Waals surface area contributed by atoms with E-state index in [4.69, 9.17) is 17.0 Å². The molecule has 0 radical (unpaired) electrons. The highest BCUT2D eigenvalue weighted by atomic mass is 32.1. The van der Waals surface area contributed by atoms with Gasteiger partial charge in [0, 0.05) is 5.56 Å². The molecule has 0 aliphatic carbocycles. The molecule has 1 amide bonds. The molecule has 5 nitrogen and oxygen atoms in total. The van der Waals surface area contributed by atoms with Crippen LogP contribution in [0, 0.1) is 0 Å². The largest absolute Gasteiger partial charge is 0.489 e. The van der Waals surface area contributed by atoms with Crippen LogP contribution in [-0.2, 0) is 13.0 Å². The fourth-order valence-corrected chi connectivity index (χ4v) is 4.49. The maximum Gasteiger partial charge on any atom is 0.257 e. The molecule has 0 saturated heterocycles. The fraction of sp³-hybridized carbons (Fsp3) is 0.192. The van der Waals surface area contributed by atoms with Crippen molar-refractivity contribution in [1.29, 1.82) is 0 Å². The molecule has 0 spiro atoms. The summed E-state index contributed by atoms with van der Waals surface area (Å²) in [6.07, 6.45) is 3.41. The molecule has 0 saturated carbocycles. The summed E-state index contributed by atoms with van der Waals surface area (Å²) in [5.74, 6) is 0.411. The Balaban J connectivity index is 1.31. The van der Waals surface area contributed by atoms with Crippen LogP contribution in [0.25, 0.3) is 10.2 Å². The number of unbranched alkanes of at least 4 members (excludes halogenated alkanes) is 1. The first kappa shape index (κ1) is 22.9. The summed E-state index contributed by atoms with van der Waals surface area (Å²) in [5.41, 5.74) is 3.81. The number of nitrogens with one attached hydrogen (secondary N) is 2. The standard InChI is InChI=1S/C26H25N3O2S2/c1-2-3-7-18-10-15-22-23(16-18)33-26(27-22)29-25(32)28-24(30)20-11-13-21(14-12-20)31-17-19-8-5-4-6-9-19/h4-6,8-16H,2-3,7,17H2,1H3,(H2,27,28,29,30,32). The van der Waals surface area contributed by atoms with E-state index in [-0.39, 0.29) is 11.0 Å². The lowest BCUT2D eigenvalue weighted by Gasteiger charge is -2.09. The lowest BCUT2D eigenvalue weighted by atomic mass is 10.1. The number of aromatic nitrogens is 1. The van der Waals surface area contributed by atoms with E-state index in [0.717, 1.165) is 22.2 Å². The number of thiazole rings is 1. The molecule has 0 aliphatic heterocycles. The second-order valence-electron chi connectivity index (χ2n) is 7.63. The number of aryl methyl sites for hydroxylation is 1. The van der Waals surface area contributed by atoms with Gasteiger partial charge >= 0.3 is 0 Å². The highest BCUT2D eigenvalue weighted by Gasteiger charge is 2.11. The molecule has 0 fully saturated rings. The number of nitrogens with zero attached hydrogens (tertiary/aromatic N) is 1. The van der Waals surface area contributed by atoms with Gasteiger partial charge < -0.3 is 10.1 Å². The Hall–Kier alpha value is -3.29. The molecule has 0 atom stereocenters. The molecule has 4 rings (SSSR count). The van der Waals surface area contributed by atoms with Crippen molar-refractivity contribution in [1.82, 2.24) is 10.3 Å². The second-order valence-corrected chi connectivity index (χ2v) is 9.07. The number of carbonyl (C=O) groups excluding carboxylic acids is 1. The van der Waals surface area contributed by atoms with Gasteiger partial charge in [0.05, 0.1) is 10.2 Å². The summed E-state index contributed by atoms with van der Waals surface area (Å²) in [4.78, 5) is 17.1. The Kier molecular flexibility index (Phi) is 7.65. The van der Waals surface area contributed by atoms with E-state index in [1.807, 2.05) is 36.4 Å². The van der Waals surface area contributed by atoms with E-state index in [2.05, 4.69) is 34.7 Å². The molecule has 7 heteroatoms. The van der Waals surface area contributed by atoms with Crippen molar-refractivity contribution in [2.75, 3.05) is 5.32 Å². The average molecular weight is 476 g/mol. The molecular formula is C26H25N3O2S2. The Morgan fingerprint density at radius 3 is 2.58 bits per heavy atom. The van der Waals surface area contributed by atoms with E-state index in [1.54, 1.807) is 24.3 Å². The number of anilines is 1. The number of amides is 1. The first-order valence-electron chi connectivity index (χ1n) is 10.9. The predicted molar refractivity (Wildman–Crippen MR) is 139 cm³/mol. The summed E-state index contributed by atoms with van der Waals surface area (Å²) >= 11 is 6.84. The number of benzene rings is 3. The highest BCUT2D eigenvalue weighted by molar-refractivity contribution is 7.80. The number of fused-ring (bicyclic) bond motifs is 1. The number of hydrogen-bond acceptors (Lipinski definition) is 5. The third-order valence-corrected chi connectivity index (χ3v) is 6.22. The van der Waals surface area contributed by atoms with Gasteiger partial charge in [-0.05, 0) is 72.6 Å². The molecule has 0 unspecified atom stereocenters. The third kappa shape index (κ3) is 6.37. The van der Waals surface area contributed by atoms with Crippen molar-refractivity contribution in [2.45, 2.75) is 32.8 Å². The van der Waals surface area contributed by atoms with Gasteiger partial charge in [0.1, 0.15) is 12.4 Å². The quantitative estimate of drug-likeness (QED) is 0.291. The summed E-state index contributed by atoms with van der Waals surface area (Å²) in [5, 5.41) is 6.62. The van der Waals surface area contributed by atoms with Crippen LogP contribution in [-0.4, -0.2) is 16.0 Å². The maximum absolute atomic E-state index is 12.6. The van der Waals surface area contributed by atoms with Crippen LogP contribution in [0.4, 0.5) is 5.13 Å². The van der Waals surface area contributed by atoms with Crippen molar-refractivity contribution in [2.24, 2.45) is 0 Å². The molecular weight excluding hydrogens is 450 g/mol. The Morgan fingerprint density at radius 1 is 1.03 bits per heavy atom. The van der Waals surface area contributed by atoms with Crippen molar-refractivity contribution in [3.63, 3.8) is 0 Å². The lowest BCUT2D eigenvalue weighted by molar-refractivity contribution is 0.0977. The van der Waals surface area contributed by atoms with Crippen LogP contribution < -0.4 is 15.4 Å². The van der Waals surface area contributed by atoms with Crippen molar-refractivity contribution < 1.29 is 9.53 Å². The average Bonchev–Trinajstić information content (AvgIpc) is 3.23. The molecule has 3 aromatic carbocycles. The van der Waals surface area contributed by atoms with Crippen molar-refractivity contribution >= 4 is 49.9 Å². The number of carbonyl (C=O) groups is 1. The summed E-state index contributed by atoms with van der Waals surface area (Å²) in [6, 6.07) is 23.2. The molecule has 1 heterocycles. The number of hydrogen-bond donors (Lipinski definition) is 2. The van der Waals surface area contributed by atoms with Gasteiger partial charge in [-0.1, -0.05) is 61.1 Å². The highest BCUT2D eigenvalue weighted by Crippen LogP contribution is 2.27. The monoisotopic (exact) mass is 475 g/mol. The topological polar surface area (TPSA) is 63.2 Å². The van der Waals surface area contributed by atoms with Gasteiger partial charge in [0.15, 0.2) is 10.2 Å². The van der Waals surface area contributed by atoms with E-state index in [9.17, 15) is 4.79 Å². The van der Waals surface area contributed by atoms with Crippen LogP contribution in [0.3, 0.4) is 0 Å². The molecule has 2 N–H and O–H groups in total. The van der Waals surface area contributed by atoms with Crippen molar-refractivity contribution in [3.05, 3.63) is 89.5 Å². The maximum atomic E-state index is 12.6. The smallest absolute Gasteiger partial charge is 0.257 e. The number of ether oxygens (including phenoxy) is 1. The zero-order valence-electron chi connectivity index (χ0n) is 18.3. The lowest BCUT2D eigenvalue weighted by Crippen LogP contribution is -2.34. The van der Waals surface area contributed by atoms with Crippen LogP contribution in [0.1, 0.15) is 41.3 Å². The molecule has 168 valence electrons.